The van der Waals surface area contributed by atoms with E-state index in [4.69, 9.17) is 19.2 Å². The Morgan fingerprint density at radius 3 is 1.86 bits per heavy atom. The second-order valence-electron chi connectivity index (χ2n) is 8.92. The van der Waals surface area contributed by atoms with Crippen LogP contribution in [0.4, 0.5) is 10.8 Å². The Kier molecular flexibility index (Phi) is 9.83. The van der Waals surface area contributed by atoms with Crippen molar-refractivity contribution in [3.63, 3.8) is 0 Å². The maximum absolute atomic E-state index is 5.93. The van der Waals surface area contributed by atoms with Crippen LogP contribution in [-0.2, 0) is 0 Å². The van der Waals surface area contributed by atoms with Crippen LogP contribution in [0, 0.1) is 0 Å². The van der Waals surface area contributed by atoms with Gasteiger partial charge < -0.3 is 19.5 Å². The monoisotopic (exact) mass is 516 g/mol. The number of benzene rings is 3. The van der Waals surface area contributed by atoms with Gasteiger partial charge in [0.15, 0.2) is 5.13 Å². The van der Waals surface area contributed by atoms with E-state index in [1.54, 1.807) is 25.6 Å². The number of hydrogen-bond donors (Lipinski definition) is 1. The van der Waals surface area contributed by atoms with E-state index in [-0.39, 0.29) is 0 Å². The summed E-state index contributed by atoms with van der Waals surface area (Å²) >= 11 is 1.63. The van der Waals surface area contributed by atoms with Gasteiger partial charge in [0.25, 0.3) is 0 Å². The summed E-state index contributed by atoms with van der Waals surface area (Å²) in [6, 6.07) is 24.2. The fraction of sp³-hybridized carbons (Fsp3) is 0.323. The summed E-state index contributed by atoms with van der Waals surface area (Å²) in [7, 11) is 3.35. The predicted molar refractivity (Wildman–Crippen MR) is 155 cm³/mol. The lowest BCUT2D eigenvalue weighted by atomic mass is 10.1. The Morgan fingerprint density at radius 1 is 0.676 bits per heavy atom. The summed E-state index contributed by atoms with van der Waals surface area (Å²) in [5.74, 6) is 2.55. The highest BCUT2D eigenvalue weighted by Crippen LogP contribution is 2.40. The van der Waals surface area contributed by atoms with Gasteiger partial charge in [-0.15, -0.1) is 0 Å². The minimum atomic E-state index is 0.766. The molecule has 0 radical (unpaired) electrons. The van der Waals surface area contributed by atoms with Crippen LogP contribution in [0.1, 0.15) is 45.4 Å². The first-order valence-corrected chi connectivity index (χ1v) is 13.8. The van der Waals surface area contributed by atoms with E-state index in [1.165, 1.54) is 32.1 Å². The van der Waals surface area contributed by atoms with Gasteiger partial charge in [-0.1, -0.05) is 50.4 Å². The fourth-order valence-corrected chi connectivity index (χ4v) is 5.10. The highest BCUT2D eigenvalue weighted by atomic mass is 32.1. The van der Waals surface area contributed by atoms with Crippen molar-refractivity contribution in [1.29, 1.82) is 0 Å². The van der Waals surface area contributed by atoms with Crippen molar-refractivity contribution in [2.24, 2.45) is 0 Å². The van der Waals surface area contributed by atoms with E-state index in [1.807, 2.05) is 60.7 Å². The van der Waals surface area contributed by atoms with E-state index in [9.17, 15) is 0 Å². The molecule has 0 fully saturated rings. The van der Waals surface area contributed by atoms with Gasteiger partial charge in [0, 0.05) is 11.3 Å². The molecule has 0 aliphatic heterocycles. The molecule has 194 valence electrons. The summed E-state index contributed by atoms with van der Waals surface area (Å²) < 4.78 is 16.6. The number of methoxy groups -OCH3 is 2. The smallest absolute Gasteiger partial charge is 0.188 e. The third-order valence-corrected chi connectivity index (χ3v) is 7.23. The number of nitrogens with zero attached hydrogens (tertiary/aromatic N) is 1. The molecule has 3 aromatic carbocycles. The average Bonchev–Trinajstić information content (AvgIpc) is 3.37. The lowest BCUT2D eigenvalue weighted by molar-refractivity contribution is 0.304. The third-order valence-electron chi connectivity index (χ3n) is 6.22. The number of unbranched alkanes of at least 4 members (excludes halogenated alkanes) is 5. The Balaban J connectivity index is 1.46. The van der Waals surface area contributed by atoms with Crippen LogP contribution in [0.15, 0.2) is 72.8 Å². The second-order valence-corrected chi connectivity index (χ2v) is 9.92. The Bertz CT molecular complexity index is 1150. The Labute approximate surface area is 224 Å². The number of nitrogens with one attached hydrogen (secondary N) is 1. The molecule has 37 heavy (non-hydrogen) atoms. The molecular formula is C31H36N2O3S. The Morgan fingerprint density at radius 2 is 1.24 bits per heavy atom. The van der Waals surface area contributed by atoms with Gasteiger partial charge in [0.2, 0.25) is 0 Å². The van der Waals surface area contributed by atoms with Crippen LogP contribution in [0.5, 0.6) is 17.2 Å². The van der Waals surface area contributed by atoms with Gasteiger partial charge in [-0.3, -0.25) is 0 Å². The highest BCUT2D eigenvalue weighted by Gasteiger charge is 2.16. The number of thiazole rings is 1. The summed E-state index contributed by atoms with van der Waals surface area (Å²) in [5, 5.41) is 4.31. The molecule has 4 aromatic rings. The molecule has 0 aliphatic rings. The number of ether oxygens (including phenoxy) is 3. The van der Waals surface area contributed by atoms with Crippen LogP contribution in [-0.4, -0.2) is 25.8 Å². The number of rotatable bonds is 14. The van der Waals surface area contributed by atoms with Crippen molar-refractivity contribution in [3.05, 3.63) is 72.8 Å². The maximum Gasteiger partial charge on any atom is 0.188 e. The van der Waals surface area contributed by atoms with Crippen LogP contribution in [0.25, 0.3) is 21.7 Å². The minimum Gasteiger partial charge on any atom is -0.497 e. The zero-order valence-corrected chi connectivity index (χ0v) is 22.8. The highest BCUT2D eigenvalue weighted by molar-refractivity contribution is 7.19. The molecule has 0 atom stereocenters. The van der Waals surface area contributed by atoms with E-state index < -0.39 is 0 Å². The van der Waals surface area contributed by atoms with Crippen molar-refractivity contribution in [2.75, 3.05) is 26.1 Å². The predicted octanol–water partition coefficient (Wildman–Crippen LogP) is 8.98. The van der Waals surface area contributed by atoms with E-state index >= 15 is 0 Å². The van der Waals surface area contributed by atoms with E-state index in [2.05, 4.69) is 24.4 Å². The molecule has 0 spiro atoms. The molecule has 0 saturated heterocycles. The number of aromatic nitrogens is 1. The second kappa shape index (κ2) is 13.7. The molecule has 6 heteroatoms. The normalized spacial score (nSPS) is 10.8. The minimum absolute atomic E-state index is 0.766. The van der Waals surface area contributed by atoms with Crippen LogP contribution in [0.2, 0.25) is 0 Å². The zero-order valence-electron chi connectivity index (χ0n) is 22.0. The molecule has 0 bridgehead atoms. The van der Waals surface area contributed by atoms with Gasteiger partial charge in [-0.2, -0.15) is 0 Å². The quantitative estimate of drug-likeness (QED) is 0.170. The summed E-state index contributed by atoms with van der Waals surface area (Å²) in [6.07, 6.45) is 7.57. The van der Waals surface area contributed by atoms with Crippen LogP contribution >= 0.6 is 11.3 Å². The maximum atomic E-state index is 5.93. The van der Waals surface area contributed by atoms with Crippen LogP contribution < -0.4 is 19.5 Å². The largest absolute Gasteiger partial charge is 0.497 e. The first kappa shape index (κ1) is 26.6. The molecule has 1 N–H and O–H groups in total. The first-order valence-electron chi connectivity index (χ1n) is 13.0. The molecule has 5 nitrogen and oxygen atoms in total. The number of anilines is 2. The zero-order chi connectivity index (χ0) is 25.9. The van der Waals surface area contributed by atoms with Crippen molar-refractivity contribution in [1.82, 2.24) is 4.98 Å². The van der Waals surface area contributed by atoms with Gasteiger partial charge in [-0.05, 0) is 84.8 Å². The molecule has 4 rings (SSSR count). The summed E-state index contributed by atoms with van der Waals surface area (Å²) in [5.41, 5.74) is 4.03. The molecule has 0 unspecified atom stereocenters. The standard InChI is InChI=1S/C31H36N2O3S/c1-4-5-6-7-8-9-22-36-28-20-14-25(15-21-28)32-31-33-29(23-10-16-26(34-2)17-11-23)30(37-31)24-12-18-27(35-3)19-13-24/h10-21H,4-9,22H2,1-3H3,(H,32,33). The topological polar surface area (TPSA) is 52.6 Å². The third kappa shape index (κ3) is 7.49. The van der Waals surface area contributed by atoms with Gasteiger partial charge in [-0.25, -0.2) is 4.98 Å². The van der Waals surface area contributed by atoms with Gasteiger partial charge in [0.1, 0.15) is 17.2 Å². The molecule has 1 heterocycles. The molecular weight excluding hydrogens is 480 g/mol. The van der Waals surface area contributed by atoms with Crippen molar-refractivity contribution >= 4 is 22.2 Å². The fourth-order valence-electron chi connectivity index (χ4n) is 4.09. The summed E-state index contributed by atoms with van der Waals surface area (Å²) in [6.45, 7) is 3.01. The van der Waals surface area contributed by atoms with Crippen molar-refractivity contribution in [2.45, 2.75) is 45.4 Å². The van der Waals surface area contributed by atoms with Crippen molar-refractivity contribution in [3.8, 4) is 38.9 Å². The van der Waals surface area contributed by atoms with E-state index in [0.29, 0.717) is 0 Å². The van der Waals surface area contributed by atoms with Gasteiger partial charge in [0.05, 0.1) is 31.4 Å². The Hall–Kier alpha value is -3.51. The lowest BCUT2D eigenvalue weighted by Gasteiger charge is -2.08. The first-order chi connectivity index (χ1) is 18.2. The van der Waals surface area contributed by atoms with Gasteiger partial charge >= 0.3 is 0 Å². The SMILES string of the molecule is CCCCCCCCOc1ccc(Nc2nc(-c3ccc(OC)cc3)c(-c3ccc(OC)cc3)s2)cc1. The van der Waals surface area contributed by atoms with E-state index in [0.717, 1.165) is 62.8 Å². The molecule has 1 aromatic heterocycles. The van der Waals surface area contributed by atoms with Crippen molar-refractivity contribution < 1.29 is 14.2 Å². The summed E-state index contributed by atoms with van der Waals surface area (Å²) in [4.78, 5) is 6.06. The average molecular weight is 517 g/mol. The molecule has 0 amide bonds. The van der Waals surface area contributed by atoms with Crippen LogP contribution in [0.3, 0.4) is 0 Å². The molecule has 0 saturated carbocycles. The molecule has 0 aliphatic carbocycles. The number of hydrogen-bond acceptors (Lipinski definition) is 6. The lowest BCUT2D eigenvalue weighted by Crippen LogP contribution is -1.97.